The van der Waals surface area contributed by atoms with Gasteiger partial charge in [-0.05, 0) is 5.56 Å². The first-order valence-corrected chi connectivity index (χ1v) is 8.27. The van der Waals surface area contributed by atoms with Crippen molar-refractivity contribution in [1.82, 2.24) is 19.5 Å². The number of nitrogens with one attached hydrogen (secondary N) is 1. The van der Waals surface area contributed by atoms with Crippen LogP contribution in [0.4, 0.5) is 5.82 Å². The Morgan fingerprint density at radius 3 is 2.62 bits per heavy atom. The van der Waals surface area contributed by atoms with Crippen molar-refractivity contribution in [2.24, 2.45) is 0 Å². The fraction of sp³-hybridized carbons (Fsp3) is 0.353. The van der Waals surface area contributed by atoms with Crippen LogP contribution >= 0.6 is 0 Å². The minimum atomic E-state index is -1.19. The van der Waals surface area contributed by atoms with E-state index < -0.39 is 24.5 Å². The van der Waals surface area contributed by atoms with Gasteiger partial charge in [-0.15, -0.1) is 0 Å². The van der Waals surface area contributed by atoms with Crippen molar-refractivity contribution in [2.45, 2.75) is 31.1 Å². The molecule has 0 radical (unpaired) electrons. The number of aromatic nitrogens is 4. The highest BCUT2D eigenvalue weighted by molar-refractivity contribution is 5.82. The van der Waals surface area contributed by atoms with Crippen LogP contribution in [-0.4, -0.2) is 59.8 Å². The van der Waals surface area contributed by atoms with Crippen LogP contribution in [0.1, 0.15) is 11.8 Å². The minimum Gasteiger partial charge on any atom is -0.394 e. The molecule has 0 spiro atoms. The van der Waals surface area contributed by atoms with Gasteiger partial charge >= 0.3 is 0 Å². The molecule has 9 heteroatoms. The normalized spacial score (nSPS) is 25.7. The number of anilines is 1. The van der Waals surface area contributed by atoms with Crippen LogP contribution in [0, 0.1) is 0 Å². The highest BCUT2D eigenvalue weighted by Gasteiger charge is 2.44. The monoisotopic (exact) mass is 357 g/mol. The lowest BCUT2D eigenvalue weighted by Gasteiger charge is -2.16. The fourth-order valence-corrected chi connectivity index (χ4v) is 3.06. The predicted molar refractivity (Wildman–Crippen MR) is 92.1 cm³/mol. The number of aliphatic hydroxyl groups excluding tert-OH is 3. The van der Waals surface area contributed by atoms with Gasteiger partial charge < -0.3 is 25.4 Å². The van der Waals surface area contributed by atoms with E-state index in [9.17, 15) is 15.3 Å². The van der Waals surface area contributed by atoms with Crippen molar-refractivity contribution in [3.05, 3.63) is 48.5 Å². The molecule has 1 aliphatic heterocycles. The zero-order chi connectivity index (χ0) is 18.1. The minimum absolute atomic E-state index is 0.389. The molecule has 9 nitrogen and oxygen atoms in total. The summed E-state index contributed by atoms with van der Waals surface area (Å²) in [5.74, 6) is 0.560. The number of fused-ring (bicyclic) bond motifs is 1. The lowest BCUT2D eigenvalue weighted by atomic mass is 10.1. The van der Waals surface area contributed by atoms with Gasteiger partial charge in [0.1, 0.15) is 24.6 Å². The number of imidazole rings is 1. The molecule has 26 heavy (non-hydrogen) atoms. The molecule has 0 amide bonds. The number of hydrogen-bond donors (Lipinski definition) is 4. The van der Waals surface area contributed by atoms with E-state index in [1.54, 1.807) is 0 Å². The molecule has 2 aromatic heterocycles. The van der Waals surface area contributed by atoms with E-state index in [0.717, 1.165) is 5.56 Å². The third-order valence-electron chi connectivity index (χ3n) is 4.45. The molecule has 4 N–H and O–H groups in total. The Morgan fingerprint density at radius 1 is 1.08 bits per heavy atom. The lowest BCUT2D eigenvalue weighted by molar-refractivity contribution is -0.0511. The number of hydrogen-bond acceptors (Lipinski definition) is 8. The number of benzene rings is 1. The summed E-state index contributed by atoms with van der Waals surface area (Å²) < 4.78 is 7.08. The largest absolute Gasteiger partial charge is 0.394 e. The second-order valence-corrected chi connectivity index (χ2v) is 6.11. The van der Waals surface area contributed by atoms with Gasteiger partial charge in [-0.2, -0.15) is 0 Å². The summed E-state index contributed by atoms with van der Waals surface area (Å²) in [4.78, 5) is 12.8. The average molecular weight is 357 g/mol. The lowest BCUT2D eigenvalue weighted by Crippen LogP contribution is -2.33. The fourth-order valence-electron chi connectivity index (χ4n) is 3.06. The van der Waals surface area contributed by atoms with Crippen molar-refractivity contribution in [3.8, 4) is 0 Å². The molecule has 4 rings (SSSR count). The Kier molecular flexibility index (Phi) is 4.51. The van der Waals surface area contributed by atoms with E-state index >= 15 is 0 Å². The van der Waals surface area contributed by atoms with Crippen LogP contribution in [0.3, 0.4) is 0 Å². The Balaban J connectivity index is 1.61. The maximum absolute atomic E-state index is 10.2. The van der Waals surface area contributed by atoms with Crippen LogP contribution in [0.15, 0.2) is 43.0 Å². The molecular formula is C17H19N5O4. The van der Waals surface area contributed by atoms with Crippen LogP contribution in [-0.2, 0) is 11.3 Å². The second kappa shape index (κ2) is 6.96. The van der Waals surface area contributed by atoms with E-state index in [4.69, 9.17) is 4.74 Å². The molecule has 1 saturated heterocycles. The summed E-state index contributed by atoms with van der Waals surface area (Å²) in [7, 11) is 0. The zero-order valence-electron chi connectivity index (χ0n) is 13.8. The Morgan fingerprint density at radius 2 is 1.88 bits per heavy atom. The molecule has 0 bridgehead atoms. The zero-order valence-corrected chi connectivity index (χ0v) is 13.8. The molecular weight excluding hydrogens is 338 g/mol. The van der Waals surface area contributed by atoms with Gasteiger partial charge in [0.25, 0.3) is 0 Å². The van der Waals surface area contributed by atoms with Crippen LogP contribution in [0.25, 0.3) is 11.2 Å². The van der Waals surface area contributed by atoms with Crippen molar-refractivity contribution in [1.29, 1.82) is 0 Å². The molecule has 1 fully saturated rings. The van der Waals surface area contributed by atoms with Gasteiger partial charge in [0.05, 0.1) is 12.9 Å². The van der Waals surface area contributed by atoms with Crippen molar-refractivity contribution < 1.29 is 20.1 Å². The van der Waals surface area contributed by atoms with E-state index in [1.165, 1.54) is 17.2 Å². The third kappa shape index (κ3) is 2.90. The van der Waals surface area contributed by atoms with Gasteiger partial charge in [0.2, 0.25) is 0 Å². The molecule has 3 aromatic rings. The van der Waals surface area contributed by atoms with E-state index in [2.05, 4.69) is 20.3 Å². The van der Waals surface area contributed by atoms with Gasteiger partial charge in [-0.1, -0.05) is 30.3 Å². The maximum atomic E-state index is 10.2. The summed E-state index contributed by atoms with van der Waals surface area (Å²) in [5.41, 5.74) is 2.09. The number of nitrogens with zero attached hydrogens (tertiary/aromatic N) is 4. The first kappa shape index (κ1) is 16.9. The average Bonchev–Trinajstić information content (AvgIpc) is 3.23. The van der Waals surface area contributed by atoms with Gasteiger partial charge in [-0.25, -0.2) is 15.0 Å². The van der Waals surface area contributed by atoms with Gasteiger partial charge in [0.15, 0.2) is 23.2 Å². The van der Waals surface area contributed by atoms with Crippen molar-refractivity contribution in [2.75, 3.05) is 11.9 Å². The second-order valence-electron chi connectivity index (χ2n) is 6.11. The van der Waals surface area contributed by atoms with Crippen molar-refractivity contribution >= 4 is 17.0 Å². The van der Waals surface area contributed by atoms with E-state index in [1.807, 2.05) is 30.3 Å². The Hall–Kier alpha value is -2.59. The van der Waals surface area contributed by atoms with E-state index in [-0.39, 0.29) is 6.61 Å². The number of ether oxygens (including phenoxy) is 1. The number of rotatable bonds is 5. The molecule has 4 atom stereocenters. The van der Waals surface area contributed by atoms with Gasteiger partial charge in [0, 0.05) is 6.54 Å². The van der Waals surface area contributed by atoms with Crippen LogP contribution in [0.5, 0.6) is 0 Å². The van der Waals surface area contributed by atoms with Crippen molar-refractivity contribution in [3.63, 3.8) is 0 Å². The topological polar surface area (TPSA) is 126 Å². The van der Waals surface area contributed by atoms with E-state index in [0.29, 0.717) is 23.5 Å². The summed E-state index contributed by atoms with van der Waals surface area (Å²) in [6, 6.07) is 9.88. The molecule has 1 aromatic carbocycles. The smallest absolute Gasteiger partial charge is 0.167 e. The highest BCUT2D eigenvalue weighted by Crippen LogP contribution is 2.32. The Labute approximate surface area is 148 Å². The quantitative estimate of drug-likeness (QED) is 0.505. The first-order valence-electron chi connectivity index (χ1n) is 8.27. The maximum Gasteiger partial charge on any atom is 0.167 e. The number of aliphatic hydroxyl groups is 3. The summed E-state index contributed by atoms with van der Waals surface area (Å²) in [6.07, 6.45) is -1.24. The summed E-state index contributed by atoms with van der Waals surface area (Å²) >= 11 is 0. The molecule has 0 aliphatic carbocycles. The highest BCUT2D eigenvalue weighted by atomic mass is 16.6. The summed E-state index contributed by atoms with van der Waals surface area (Å²) in [5, 5.41) is 32.6. The van der Waals surface area contributed by atoms with Gasteiger partial charge in [-0.3, -0.25) is 4.57 Å². The van der Waals surface area contributed by atoms with Crippen LogP contribution < -0.4 is 5.32 Å². The third-order valence-corrected chi connectivity index (χ3v) is 4.45. The molecule has 1 aliphatic rings. The van der Waals surface area contributed by atoms with Crippen LogP contribution in [0.2, 0.25) is 0 Å². The first-order chi connectivity index (χ1) is 12.7. The SMILES string of the molecule is OC[C@H]1O[C@@H](n2cnc3c(NCc4ccccc4)ncnc32)[C@H](O)[C@H]1O. The Bertz CT molecular complexity index is 887. The molecule has 0 saturated carbocycles. The molecule has 0 unspecified atom stereocenters. The molecule has 136 valence electrons. The molecule has 3 heterocycles. The standard InChI is InChI=1S/C17H19N5O4/c23-7-11-13(24)14(25)17(26-11)22-9-21-12-15(19-8-20-16(12)22)18-6-10-4-2-1-3-5-10/h1-5,8-9,11,13-14,17,23-25H,6-7H2,(H,18,19,20)/t11-,13+,14-,17-/m1/s1. The predicted octanol–water partition coefficient (Wildman–Crippen LogP) is 0.0499. The summed E-state index contributed by atoms with van der Waals surface area (Å²) in [6.45, 7) is 0.188.